The first-order valence-corrected chi connectivity index (χ1v) is 21.1. The lowest BCUT2D eigenvalue weighted by Gasteiger charge is -2.59. The fourth-order valence-corrected chi connectivity index (χ4v) is 14.5. The molecule has 0 radical (unpaired) electrons. The number of anilines is 1. The third kappa shape index (κ3) is 4.17. The van der Waals surface area contributed by atoms with Crippen LogP contribution < -0.4 is 9.64 Å². The van der Waals surface area contributed by atoms with Crippen molar-refractivity contribution in [2.45, 2.75) is 124 Å². The summed E-state index contributed by atoms with van der Waals surface area (Å²) in [4.78, 5) is 55.7. The summed E-state index contributed by atoms with van der Waals surface area (Å²) >= 11 is 0. The van der Waals surface area contributed by atoms with Gasteiger partial charge in [-0.2, -0.15) is 0 Å². The Hall–Kier alpha value is -4.13. The lowest BCUT2D eigenvalue weighted by atomic mass is 9.48. The maximum absolute atomic E-state index is 15.5. The predicted octanol–water partition coefficient (Wildman–Crippen LogP) is 5.32. The second kappa shape index (κ2) is 12.2. The van der Waals surface area contributed by atoms with Crippen LogP contribution in [-0.2, 0) is 45.8 Å². The van der Waals surface area contributed by atoms with Crippen molar-refractivity contribution in [2.24, 2.45) is 11.3 Å². The Morgan fingerprint density at radius 1 is 1.02 bits per heavy atom. The van der Waals surface area contributed by atoms with Gasteiger partial charge in [0.1, 0.15) is 16.9 Å². The molecule has 3 aromatic rings. The van der Waals surface area contributed by atoms with Gasteiger partial charge in [0.05, 0.1) is 38.8 Å². The number of aromatic nitrogens is 1. The summed E-state index contributed by atoms with van der Waals surface area (Å²) in [7, 11) is 6.57. The van der Waals surface area contributed by atoms with Crippen LogP contribution in [-0.4, -0.2) is 108 Å². The fraction of sp³-hybridized carbons (Fsp3) is 0.622. The largest absolute Gasteiger partial charge is 0.497 e. The molecule has 2 spiro atoms. The molecule has 5 saturated heterocycles. The summed E-state index contributed by atoms with van der Waals surface area (Å²) in [6, 6.07) is 13.1. The molecule has 5 unspecified atom stereocenters. The number of nitrogens with zero attached hydrogens (tertiary/aromatic N) is 3. The molecule has 0 saturated carbocycles. The first kappa shape index (κ1) is 37.2. The molecular weight excluding hydrogens is 725 g/mol. The highest BCUT2D eigenvalue weighted by Crippen LogP contribution is 2.82. The molecule has 10 atom stereocenters. The van der Waals surface area contributed by atoms with Crippen LogP contribution in [0.5, 0.6) is 5.75 Å². The van der Waals surface area contributed by atoms with E-state index in [1.165, 1.54) is 14.2 Å². The molecule has 5 fully saturated rings. The van der Waals surface area contributed by atoms with Crippen molar-refractivity contribution in [2.75, 3.05) is 46.4 Å². The minimum atomic E-state index is -1.36. The van der Waals surface area contributed by atoms with Crippen molar-refractivity contribution < 1.29 is 38.4 Å². The molecular formula is C45H56N4O8. The number of para-hydroxylation sites is 1. The molecule has 4 bridgehead atoms. The number of carbonyl (C=O) groups is 3. The third-order valence-corrected chi connectivity index (χ3v) is 16.3. The van der Waals surface area contributed by atoms with Crippen LogP contribution in [0.4, 0.5) is 5.69 Å². The lowest BCUT2D eigenvalue weighted by Crippen LogP contribution is -2.72. The molecule has 1 amide bonds. The van der Waals surface area contributed by atoms with Gasteiger partial charge in [0.15, 0.2) is 11.3 Å². The van der Waals surface area contributed by atoms with E-state index in [1.54, 1.807) is 7.11 Å². The highest BCUT2D eigenvalue weighted by atomic mass is 16.6. The van der Waals surface area contributed by atoms with Crippen LogP contribution in [0.3, 0.4) is 0 Å². The number of piperidine rings is 2. The van der Waals surface area contributed by atoms with Gasteiger partial charge < -0.3 is 38.8 Å². The molecule has 12 nitrogen and oxygen atoms in total. The molecule has 12 heteroatoms. The summed E-state index contributed by atoms with van der Waals surface area (Å²) in [6.45, 7) is 5.46. The monoisotopic (exact) mass is 780 g/mol. The van der Waals surface area contributed by atoms with Crippen molar-refractivity contribution in [3.63, 3.8) is 0 Å². The van der Waals surface area contributed by atoms with E-state index >= 15 is 9.59 Å². The number of benzene rings is 2. The summed E-state index contributed by atoms with van der Waals surface area (Å²) in [6.07, 6.45) is 6.13. The Balaban J connectivity index is 1.29. The molecule has 57 heavy (non-hydrogen) atoms. The standard InChI is InChI=1S/C45H56N4O8/c1-7-18-40-19-16-35(50)49-34(24-43-31-14-13-28(54-4)22-33(31)47(3)37(43)44(26-40,39(52)56-6)57-45(40,43)49)42(38(51)55-5)23-27-15-20-41(53,8-2)48(25-27)21-17-30-29-11-9-10-12-32(29)46-36(30)42/h9-14,22,27,34,37,46,53H,7-8,15-21,23-26H2,1-6H3/t27?,34?,37-,40+,41?,42+,43?,44-,45+/m1/s1. The normalized spacial score (nSPS) is 39.8. The van der Waals surface area contributed by atoms with Gasteiger partial charge in [-0.25, -0.2) is 4.79 Å². The second-order valence-corrected chi connectivity index (χ2v) is 18.3. The minimum absolute atomic E-state index is 0.0151. The Kier molecular flexibility index (Phi) is 7.96. The minimum Gasteiger partial charge on any atom is -0.497 e. The van der Waals surface area contributed by atoms with Gasteiger partial charge in [-0.05, 0) is 87.0 Å². The van der Waals surface area contributed by atoms with Crippen molar-refractivity contribution in [1.82, 2.24) is 14.8 Å². The number of nitrogens with one attached hydrogen (secondary N) is 1. The number of likely N-dealkylation sites (N-methyl/N-ethyl adjacent to an activating group) is 1. The molecule has 8 heterocycles. The van der Waals surface area contributed by atoms with E-state index in [4.69, 9.17) is 18.9 Å². The van der Waals surface area contributed by atoms with E-state index < -0.39 is 51.3 Å². The zero-order valence-electron chi connectivity index (χ0n) is 34.1. The highest BCUT2D eigenvalue weighted by Gasteiger charge is 2.94. The number of methoxy groups -OCH3 is 3. The number of aliphatic hydroxyl groups is 1. The number of hydrogen-bond donors (Lipinski definition) is 2. The zero-order valence-corrected chi connectivity index (χ0v) is 34.1. The van der Waals surface area contributed by atoms with Gasteiger partial charge >= 0.3 is 11.9 Å². The van der Waals surface area contributed by atoms with Crippen LogP contribution in [0.2, 0.25) is 0 Å². The second-order valence-electron chi connectivity index (χ2n) is 18.3. The van der Waals surface area contributed by atoms with E-state index in [9.17, 15) is 9.90 Å². The average Bonchev–Trinajstić information content (AvgIpc) is 3.98. The van der Waals surface area contributed by atoms with E-state index in [0.717, 1.165) is 52.7 Å². The van der Waals surface area contributed by atoms with Crippen molar-refractivity contribution in [1.29, 1.82) is 0 Å². The Morgan fingerprint density at radius 3 is 2.54 bits per heavy atom. The lowest BCUT2D eigenvalue weighted by molar-refractivity contribution is -0.221. The smallest absolute Gasteiger partial charge is 0.340 e. The molecule has 7 aliphatic rings. The summed E-state index contributed by atoms with van der Waals surface area (Å²) in [5.74, 6) is -0.167. The number of amides is 1. The number of aromatic amines is 1. The number of carbonyl (C=O) groups excluding carboxylic acids is 3. The Morgan fingerprint density at radius 2 is 1.81 bits per heavy atom. The summed E-state index contributed by atoms with van der Waals surface area (Å²) in [5.41, 5.74) is -1.79. The Bertz CT molecular complexity index is 2210. The molecule has 10 rings (SSSR count). The molecule has 7 aliphatic heterocycles. The van der Waals surface area contributed by atoms with E-state index in [-0.39, 0.29) is 24.2 Å². The summed E-state index contributed by atoms with van der Waals surface area (Å²) in [5, 5.41) is 13.0. The number of rotatable bonds is 7. The maximum Gasteiger partial charge on any atom is 0.340 e. The van der Waals surface area contributed by atoms with Crippen molar-refractivity contribution >= 4 is 34.4 Å². The number of esters is 2. The van der Waals surface area contributed by atoms with Gasteiger partial charge in [-0.15, -0.1) is 0 Å². The maximum atomic E-state index is 15.5. The van der Waals surface area contributed by atoms with Gasteiger partial charge in [0.25, 0.3) is 0 Å². The average molecular weight is 781 g/mol. The van der Waals surface area contributed by atoms with Crippen LogP contribution >= 0.6 is 0 Å². The number of H-pyrrole nitrogens is 1. The molecule has 2 N–H and O–H groups in total. The van der Waals surface area contributed by atoms with Crippen LogP contribution in [0.25, 0.3) is 10.9 Å². The first-order valence-electron chi connectivity index (χ1n) is 21.1. The molecule has 304 valence electrons. The third-order valence-electron chi connectivity index (χ3n) is 16.3. The summed E-state index contributed by atoms with van der Waals surface area (Å²) < 4.78 is 25.2. The zero-order chi connectivity index (χ0) is 39.9. The van der Waals surface area contributed by atoms with Crippen molar-refractivity contribution in [3.05, 3.63) is 59.3 Å². The van der Waals surface area contributed by atoms with Crippen LogP contribution in [0, 0.1) is 11.3 Å². The Labute approximate surface area is 334 Å². The number of hydrogen-bond acceptors (Lipinski definition) is 10. The number of fused-ring (bicyclic) bond motifs is 8. The SMILES string of the molecule is CCC[C@]12CCC(=O)N3C([C@@]4(C(=O)OC)CC5CCC(O)(CC)N(CCc6c4[nH]c4ccccc64)C5)CC45c6ccc(OC)cc6N(C)[C@H]4[C@@](C(=O)OC)(C1)O[C@]352. The molecule has 0 aliphatic carbocycles. The van der Waals surface area contributed by atoms with Gasteiger partial charge in [0.2, 0.25) is 5.91 Å². The highest BCUT2D eigenvalue weighted by molar-refractivity contribution is 5.94. The number of ether oxygens (including phenoxy) is 4. The molecule has 2 aromatic carbocycles. The van der Waals surface area contributed by atoms with E-state index in [0.29, 0.717) is 63.8 Å². The van der Waals surface area contributed by atoms with Crippen LogP contribution in [0.15, 0.2) is 42.5 Å². The van der Waals surface area contributed by atoms with Crippen LogP contribution in [0.1, 0.15) is 94.9 Å². The van der Waals surface area contributed by atoms with E-state index in [1.807, 2.05) is 43.1 Å². The van der Waals surface area contributed by atoms with Crippen molar-refractivity contribution in [3.8, 4) is 5.75 Å². The quantitative estimate of drug-likeness (QED) is 0.304. The van der Waals surface area contributed by atoms with Gasteiger partial charge in [0, 0.05) is 60.3 Å². The molecule has 1 aromatic heterocycles. The van der Waals surface area contributed by atoms with Gasteiger partial charge in [-0.1, -0.05) is 44.5 Å². The van der Waals surface area contributed by atoms with E-state index in [2.05, 4.69) is 39.9 Å². The predicted molar refractivity (Wildman–Crippen MR) is 212 cm³/mol. The first-order chi connectivity index (χ1) is 27.4. The topological polar surface area (TPSA) is 134 Å². The van der Waals surface area contributed by atoms with Gasteiger partial charge in [-0.3, -0.25) is 14.5 Å². The fourth-order valence-electron chi connectivity index (χ4n) is 14.5.